The van der Waals surface area contributed by atoms with Crippen LogP contribution < -0.4 is 5.56 Å². The predicted octanol–water partition coefficient (Wildman–Crippen LogP) is 3.07. The lowest BCUT2D eigenvalue weighted by Crippen LogP contribution is -2.35. The highest BCUT2D eigenvalue weighted by atomic mass is 35.5. The third kappa shape index (κ3) is 3.23. The summed E-state index contributed by atoms with van der Waals surface area (Å²) < 4.78 is 14.1. The van der Waals surface area contributed by atoms with E-state index in [2.05, 4.69) is 14.9 Å². The molecule has 0 atom stereocenters. The molecule has 1 N–H and O–H groups in total. The standard InChI is InChI=1S/C18H19ClFN3O/c19-14-3-1-2-12(17(14)20)9-23-7-6-13-15(10-23)21-16(22-18(13)24)8-11-4-5-11/h1-3,11H,4-10H2,(H,21,22,24). The third-order valence-electron chi connectivity index (χ3n) is 4.81. The largest absolute Gasteiger partial charge is 0.310 e. The summed E-state index contributed by atoms with van der Waals surface area (Å²) in [6.07, 6.45) is 3.94. The second-order valence-corrected chi connectivity index (χ2v) is 7.17. The van der Waals surface area contributed by atoms with E-state index in [1.807, 2.05) is 0 Å². The zero-order valence-electron chi connectivity index (χ0n) is 13.3. The second kappa shape index (κ2) is 6.30. The number of H-pyrrole nitrogens is 1. The molecule has 1 aliphatic carbocycles. The van der Waals surface area contributed by atoms with Gasteiger partial charge in [0, 0.05) is 37.2 Å². The first-order valence-electron chi connectivity index (χ1n) is 8.36. The fraction of sp³-hybridized carbons (Fsp3) is 0.444. The van der Waals surface area contributed by atoms with E-state index in [0.717, 1.165) is 23.5 Å². The van der Waals surface area contributed by atoms with E-state index in [-0.39, 0.29) is 16.4 Å². The first-order chi connectivity index (χ1) is 11.6. The van der Waals surface area contributed by atoms with Gasteiger partial charge in [-0.05, 0) is 31.2 Å². The number of rotatable bonds is 4. The summed E-state index contributed by atoms with van der Waals surface area (Å²) in [5, 5.41) is 0.145. The van der Waals surface area contributed by atoms with Gasteiger partial charge in [0.05, 0.1) is 10.7 Å². The number of benzene rings is 1. The van der Waals surface area contributed by atoms with Gasteiger partial charge in [-0.2, -0.15) is 0 Å². The smallest absolute Gasteiger partial charge is 0.254 e. The molecule has 2 aromatic rings. The molecule has 0 bridgehead atoms. The van der Waals surface area contributed by atoms with Gasteiger partial charge in [-0.1, -0.05) is 23.7 Å². The summed E-state index contributed by atoms with van der Waals surface area (Å²) in [6, 6.07) is 5.06. The number of hydrogen-bond donors (Lipinski definition) is 1. The molecule has 2 heterocycles. The SMILES string of the molecule is O=c1[nH]c(CC2CC2)nc2c1CCN(Cc1cccc(Cl)c1F)C2. The number of hydrogen-bond acceptors (Lipinski definition) is 3. The average molecular weight is 348 g/mol. The maximum absolute atomic E-state index is 14.1. The number of halogens is 2. The van der Waals surface area contributed by atoms with Crippen LogP contribution in [0.5, 0.6) is 0 Å². The van der Waals surface area contributed by atoms with Crippen LogP contribution in [0.15, 0.2) is 23.0 Å². The Morgan fingerprint density at radius 3 is 3.00 bits per heavy atom. The molecule has 0 radical (unpaired) electrons. The minimum atomic E-state index is -0.363. The Balaban J connectivity index is 1.55. The van der Waals surface area contributed by atoms with Crippen molar-refractivity contribution in [2.75, 3.05) is 6.54 Å². The van der Waals surface area contributed by atoms with Crippen LogP contribution in [0, 0.1) is 11.7 Å². The van der Waals surface area contributed by atoms with Gasteiger partial charge >= 0.3 is 0 Å². The number of nitrogens with one attached hydrogen (secondary N) is 1. The lowest BCUT2D eigenvalue weighted by Gasteiger charge is -2.28. The van der Waals surface area contributed by atoms with E-state index in [4.69, 9.17) is 11.6 Å². The van der Waals surface area contributed by atoms with Crippen molar-refractivity contribution in [2.24, 2.45) is 5.92 Å². The molecule has 4 rings (SSSR count). The molecule has 1 aliphatic heterocycles. The van der Waals surface area contributed by atoms with Gasteiger partial charge < -0.3 is 4.98 Å². The molecule has 0 spiro atoms. The van der Waals surface area contributed by atoms with Crippen molar-refractivity contribution in [3.63, 3.8) is 0 Å². The molecule has 1 saturated carbocycles. The molecule has 0 saturated heterocycles. The van der Waals surface area contributed by atoms with Crippen molar-refractivity contribution >= 4 is 11.6 Å². The normalized spacial score (nSPS) is 17.8. The van der Waals surface area contributed by atoms with Crippen LogP contribution in [0.2, 0.25) is 5.02 Å². The highest BCUT2D eigenvalue weighted by Gasteiger charge is 2.25. The zero-order valence-corrected chi connectivity index (χ0v) is 14.1. The van der Waals surface area contributed by atoms with Crippen LogP contribution in [-0.4, -0.2) is 21.4 Å². The Labute approximate surface area is 144 Å². The van der Waals surface area contributed by atoms with E-state index in [1.54, 1.807) is 18.2 Å². The number of aromatic amines is 1. The predicted molar refractivity (Wildman–Crippen MR) is 90.5 cm³/mol. The van der Waals surface area contributed by atoms with Gasteiger partial charge in [0.25, 0.3) is 5.56 Å². The van der Waals surface area contributed by atoms with Crippen molar-refractivity contribution in [3.05, 3.63) is 62.0 Å². The maximum atomic E-state index is 14.1. The third-order valence-corrected chi connectivity index (χ3v) is 5.10. The number of aromatic nitrogens is 2. The first-order valence-corrected chi connectivity index (χ1v) is 8.74. The summed E-state index contributed by atoms with van der Waals surface area (Å²) in [5.41, 5.74) is 2.18. The van der Waals surface area contributed by atoms with Crippen LogP contribution in [0.3, 0.4) is 0 Å². The van der Waals surface area contributed by atoms with Gasteiger partial charge in [0.2, 0.25) is 0 Å². The molecule has 1 aromatic heterocycles. The Morgan fingerprint density at radius 2 is 2.21 bits per heavy atom. The monoisotopic (exact) mass is 347 g/mol. The van der Waals surface area contributed by atoms with Crippen LogP contribution in [0.4, 0.5) is 4.39 Å². The van der Waals surface area contributed by atoms with Gasteiger partial charge in [-0.25, -0.2) is 9.37 Å². The lowest BCUT2D eigenvalue weighted by molar-refractivity contribution is 0.237. The first kappa shape index (κ1) is 15.8. The Morgan fingerprint density at radius 1 is 1.38 bits per heavy atom. The highest BCUT2D eigenvalue weighted by molar-refractivity contribution is 6.30. The van der Waals surface area contributed by atoms with E-state index in [0.29, 0.717) is 37.5 Å². The Bertz CT molecular complexity index is 831. The number of fused-ring (bicyclic) bond motifs is 1. The van der Waals surface area contributed by atoms with Crippen LogP contribution in [-0.2, 0) is 25.9 Å². The summed E-state index contributed by atoms with van der Waals surface area (Å²) in [4.78, 5) is 22.0. The van der Waals surface area contributed by atoms with E-state index < -0.39 is 0 Å². The molecule has 4 nitrogen and oxygen atoms in total. The van der Waals surface area contributed by atoms with Crippen LogP contribution >= 0.6 is 11.6 Å². The van der Waals surface area contributed by atoms with Crippen molar-refractivity contribution in [3.8, 4) is 0 Å². The summed E-state index contributed by atoms with van der Waals surface area (Å²) in [6.45, 7) is 1.76. The quantitative estimate of drug-likeness (QED) is 0.924. The summed E-state index contributed by atoms with van der Waals surface area (Å²) in [7, 11) is 0. The molecule has 2 aliphatic rings. The fourth-order valence-corrected chi connectivity index (χ4v) is 3.48. The molecule has 0 amide bonds. The molecular weight excluding hydrogens is 329 g/mol. The van der Waals surface area contributed by atoms with Gasteiger partial charge in [0.1, 0.15) is 11.6 Å². The maximum Gasteiger partial charge on any atom is 0.254 e. The molecule has 1 fully saturated rings. The molecular formula is C18H19ClFN3O. The van der Waals surface area contributed by atoms with Gasteiger partial charge in [-0.3, -0.25) is 9.69 Å². The minimum Gasteiger partial charge on any atom is -0.310 e. The van der Waals surface area contributed by atoms with Gasteiger partial charge in [-0.15, -0.1) is 0 Å². The highest BCUT2D eigenvalue weighted by Crippen LogP contribution is 2.31. The summed E-state index contributed by atoms with van der Waals surface area (Å²) >= 11 is 5.86. The van der Waals surface area contributed by atoms with E-state index in [9.17, 15) is 9.18 Å². The lowest BCUT2D eigenvalue weighted by atomic mass is 10.0. The second-order valence-electron chi connectivity index (χ2n) is 6.76. The van der Waals surface area contributed by atoms with Crippen molar-refractivity contribution in [2.45, 2.75) is 38.8 Å². The molecule has 6 heteroatoms. The van der Waals surface area contributed by atoms with Crippen molar-refractivity contribution < 1.29 is 4.39 Å². The fourth-order valence-electron chi connectivity index (χ4n) is 3.28. The zero-order chi connectivity index (χ0) is 16.7. The Hall–Kier alpha value is -1.72. The van der Waals surface area contributed by atoms with E-state index in [1.165, 1.54) is 12.8 Å². The topological polar surface area (TPSA) is 49.0 Å². The summed E-state index contributed by atoms with van der Waals surface area (Å²) in [5.74, 6) is 1.10. The van der Waals surface area contributed by atoms with Crippen molar-refractivity contribution in [1.29, 1.82) is 0 Å². The van der Waals surface area contributed by atoms with Crippen LogP contribution in [0.25, 0.3) is 0 Å². The Kier molecular flexibility index (Phi) is 4.14. The van der Waals surface area contributed by atoms with Crippen LogP contribution in [0.1, 0.15) is 35.5 Å². The average Bonchev–Trinajstić information content (AvgIpc) is 3.35. The molecule has 0 unspecified atom stereocenters. The molecule has 24 heavy (non-hydrogen) atoms. The van der Waals surface area contributed by atoms with Crippen molar-refractivity contribution in [1.82, 2.24) is 14.9 Å². The molecule has 126 valence electrons. The minimum absolute atomic E-state index is 0.00997. The van der Waals surface area contributed by atoms with E-state index >= 15 is 0 Å². The van der Waals surface area contributed by atoms with Gasteiger partial charge in [0.15, 0.2) is 0 Å². The molecule has 1 aromatic carbocycles. The number of nitrogens with zero attached hydrogens (tertiary/aromatic N) is 2.